The minimum atomic E-state index is -1.06. The van der Waals surface area contributed by atoms with Crippen LogP contribution in [-0.4, -0.2) is 18.2 Å². The topological polar surface area (TPSA) is 72.5 Å². The molecule has 1 aromatic rings. The van der Waals surface area contributed by atoms with Gasteiger partial charge in [-0.1, -0.05) is 17.7 Å². The van der Waals surface area contributed by atoms with Crippen LogP contribution in [0.15, 0.2) is 18.2 Å². The molecule has 76 valence electrons. The summed E-state index contributed by atoms with van der Waals surface area (Å²) in [5.41, 5.74) is 6.96. The molecule has 0 aliphatic rings. The predicted molar refractivity (Wildman–Crippen MR) is 52.3 cm³/mol. The highest BCUT2D eigenvalue weighted by molar-refractivity contribution is 5.76. The molecule has 0 saturated heterocycles. The summed E-state index contributed by atoms with van der Waals surface area (Å²) in [5.74, 6) is -0.556. The minimum absolute atomic E-state index is 0.500. The molecular weight excluding hydrogens is 182 g/mol. The molecule has 4 nitrogen and oxygen atoms in total. The van der Waals surface area contributed by atoms with Crippen molar-refractivity contribution in [3.8, 4) is 5.75 Å². The lowest BCUT2D eigenvalue weighted by Gasteiger charge is -2.12. The first-order chi connectivity index (χ1) is 6.56. The molecule has 1 rings (SSSR count). The highest BCUT2D eigenvalue weighted by Crippen LogP contribution is 2.24. The van der Waals surface area contributed by atoms with Gasteiger partial charge in [0.2, 0.25) is 0 Å². The Balaban J connectivity index is 3.16. The van der Waals surface area contributed by atoms with E-state index in [1.54, 1.807) is 12.1 Å². The van der Waals surface area contributed by atoms with Crippen molar-refractivity contribution in [2.45, 2.75) is 13.0 Å². The lowest BCUT2D eigenvalue weighted by molar-refractivity contribution is -0.138. The van der Waals surface area contributed by atoms with E-state index in [0.717, 1.165) is 5.56 Å². The second-order valence-electron chi connectivity index (χ2n) is 3.06. The quantitative estimate of drug-likeness (QED) is 0.757. The summed E-state index contributed by atoms with van der Waals surface area (Å²) >= 11 is 0. The fraction of sp³-hybridized carbons (Fsp3) is 0.300. The van der Waals surface area contributed by atoms with Gasteiger partial charge in [0.05, 0.1) is 7.11 Å². The van der Waals surface area contributed by atoms with E-state index in [1.807, 2.05) is 13.0 Å². The molecule has 0 aromatic heterocycles. The third-order valence-corrected chi connectivity index (χ3v) is 1.99. The number of hydrogen-bond acceptors (Lipinski definition) is 3. The average molecular weight is 195 g/mol. The summed E-state index contributed by atoms with van der Waals surface area (Å²) in [6.07, 6.45) is 0. The fourth-order valence-electron chi connectivity index (χ4n) is 1.23. The van der Waals surface area contributed by atoms with Gasteiger partial charge in [-0.15, -0.1) is 0 Å². The van der Waals surface area contributed by atoms with Crippen molar-refractivity contribution in [1.82, 2.24) is 0 Å². The highest BCUT2D eigenvalue weighted by Gasteiger charge is 2.18. The molecular formula is C10H13NO3. The molecule has 3 N–H and O–H groups in total. The number of nitrogens with two attached hydrogens (primary N) is 1. The summed E-state index contributed by atoms with van der Waals surface area (Å²) in [6, 6.07) is 4.24. The van der Waals surface area contributed by atoms with E-state index in [-0.39, 0.29) is 0 Å². The summed E-state index contributed by atoms with van der Waals surface area (Å²) < 4.78 is 5.03. The molecule has 0 bridgehead atoms. The van der Waals surface area contributed by atoms with Crippen LogP contribution < -0.4 is 10.5 Å². The van der Waals surface area contributed by atoms with Gasteiger partial charge in [0.1, 0.15) is 11.8 Å². The molecule has 0 unspecified atom stereocenters. The summed E-state index contributed by atoms with van der Waals surface area (Å²) in [4.78, 5) is 10.7. The van der Waals surface area contributed by atoms with Gasteiger partial charge in [0.15, 0.2) is 0 Å². The van der Waals surface area contributed by atoms with Gasteiger partial charge < -0.3 is 15.6 Å². The van der Waals surface area contributed by atoms with Crippen LogP contribution in [-0.2, 0) is 4.79 Å². The molecule has 4 heteroatoms. The average Bonchev–Trinajstić information content (AvgIpc) is 2.16. The van der Waals surface area contributed by atoms with Gasteiger partial charge in [-0.2, -0.15) is 0 Å². The van der Waals surface area contributed by atoms with Crippen molar-refractivity contribution < 1.29 is 14.6 Å². The fourth-order valence-corrected chi connectivity index (χ4v) is 1.23. The number of hydrogen-bond donors (Lipinski definition) is 2. The number of ether oxygens (including phenoxy) is 1. The lowest BCUT2D eigenvalue weighted by Crippen LogP contribution is -2.21. The molecule has 0 heterocycles. The van der Waals surface area contributed by atoms with E-state index in [2.05, 4.69) is 0 Å². The van der Waals surface area contributed by atoms with Gasteiger partial charge in [0.25, 0.3) is 0 Å². The van der Waals surface area contributed by atoms with Gasteiger partial charge in [-0.3, -0.25) is 4.79 Å². The number of rotatable bonds is 3. The van der Waals surface area contributed by atoms with E-state index in [4.69, 9.17) is 15.6 Å². The number of aryl methyl sites for hydroxylation is 1. The number of carboxylic acids is 1. The minimum Gasteiger partial charge on any atom is -0.496 e. The number of aliphatic carboxylic acids is 1. The van der Waals surface area contributed by atoms with Crippen molar-refractivity contribution in [2.24, 2.45) is 5.73 Å². The molecule has 0 radical (unpaired) electrons. The van der Waals surface area contributed by atoms with Crippen molar-refractivity contribution in [1.29, 1.82) is 0 Å². The second-order valence-corrected chi connectivity index (χ2v) is 3.06. The molecule has 0 saturated carbocycles. The molecule has 1 aromatic carbocycles. The maximum absolute atomic E-state index is 10.7. The first-order valence-electron chi connectivity index (χ1n) is 4.19. The maximum Gasteiger partial charge on any atom is 0.325 e. The first-order valence-corrected chi connectivity index (χ1v) is 4.19. The van der Waals surface area contributed by atoms with Gasteiger partial charge in [0, 0.05) is 5.56 Å². The van der Waals surface area contributed by atoms with Crippen LogP contribution in [0.25, 0.3) is 0 Å². The normalized spacial score (nSPS) is 12.2. The van der Waals surface area contributed by atoms with Gasteiger partial charge in [-0.25, -0.2) is 0 Å². The highest BCUT2D eigenvalue weighted by atomic mass is 16.5. The van der Waals surface area contributed by atoms with Crippen LogP contribution >= 0.6 is 0 Å². The van der Waals surface area contributed by atoms with Crippen molar-refractivity contribution in [3.63, 3.8) is 0 Å². The first kappa shape index (κ1) is 10.5. The Kier molecular flexibility index (Phi) is 3.09. The van der Waals surface area contributed by atoms with E-state index in [1.165, 1.54) is 7.11 Å². The van der Waals surface area contributed by atoms with Crippen molar-refractivity contribution in [3.05, 3.63) is 29.3 Å². The molecule has 0 spiro atoms. The molecule has 0 fully saturated rings. The van der Waals surface area contributed by atoms with Crippen LogP contribution in [0.3, 0.4) is 0 Å². The zero-order chi connectivity index (χ0) is 10.7. The van der Waals surface area contributed by atoms with E-state index >= 15 is 0 Å². The molecule has 0 aliphatic carbocycles. The predicted octanol–water partition coefficient (Wildman–Crippen LogP) is 1.09. The molecule has 0 amide bonds. The van der Waals surface area contributed by atoms with Crippen LogP contribution in [0.4, 0.5) is 0 Å². The third kappa shape index (κ3) is 2.03. The number of benzene rings is 1. The van der Waals surface area contributed by atoms with Crippen LogP contribution in [0.1, 0.15) is 17.2 Å². The van der Waals surface area contributed by atoms with E-state index < -0.39 is 12.0 Å². The SMILES string of the molecule is COc1ccc(C)cc1[C@@H](N)C(=O)O. The van der Waals surface area contributed by atoms with Crippen molar-refractivity contribution >= 4 is 5.97 Å². The van der Waals surface area contributed by atoms with E-state index in [0.29, 0.717) is 11.3 Å². The molecule has 0 aliphatic heterocycles. The Morgan fingerprint density at radius 1 is 1.57 bits per heavy atom. The van der Waals surface area contributed by atoms with Gasteiger partial charge in [-0.05, 0) is 13.0 Å². The zero-order valence-electron chi connectivity index (χ0n) is 8.15. The third-order valence-electron chi connectivity index (χ3n) is 1.99. The molecule has 14 heavy (non-hydrogen) atoms. The van der Waals surface area contributed by atoms with Crippen molar-refractivity contribution in [2.75, 3.05) is 7.11 Å². The number of carbonyl (C=O) groups is 1. The Morgan fingerprint density at radius 2 is 2.21 bits per heavy atom. The van der Waals surface area contributed by atoms with Crippen LogP contribution in [0.5, 0.6) is 5.75 Å². The second kappa shape index (κ2) is 4.11. The monoisotopic (exact) mass is 195 g/mol. The maximum atomic E-state index is 10.7. The number of methoxy groups -OCH3 is 1. The largest absolute Gasteiger partial charge is 0.496 e. The molecule has 1 atom stereocenters. The Bertz CT molecular complexity index is 349. The summed E-state index contributed by atoms with van der Waals surface area (Å²) in [6.45, 7) is 1.87. The Hall–Kier alpha value is -1.55. The van der Waals surface area contributed by atoms with Gasteiger partial charge >= 0.3 is 5.97 Å². The lowest BCUT2D eigenvalue weighted by atomic mass is 10.0. The Morgan fingerprint density at radius 3 is 2.71 bits per heavy atom. The Labute approximate surface area is 82.3 Å². The standard InChI is InChI=1S/C10H13NO3/c1-6-3-4-8(14-2)7(5-6)9(11)10(12)13/h3-5,9H,11H2,1-2H3,(H,12,13)/t9-/m1/s1. The summed E-state index contributed by atoms with van der Waals surface area (Å²) in [7, 11) is 1.49. The van der Waals surface area contributed by atoms with Crippen LogP contribution in [0, 0.1) is 6.92 Å². The smallest absolute Gasteiger partial charge is 0.325 e. The summed E-state index contributed by atoms with van der Waals surface area (Å²) in [5, 5.41) is 8.77. The van der Waals surface area contributed by atoms with E-state index in [9.17, 15) is 4.79 Å². The zero-order valence-corrected chi connectivity index (χ0v) is 8.15. The van der Waals surface area contributed by atoms with Crippen LogP contribution in [0.2, 0.25) is 0 Å². The number of carboxylic acid groups (broad SMARTS) is 1.